The molecular formula is C14H21N3O3. The molecule has 0 heterocycles. The van der Waals surface area contributed by atoms with E-state index in [9.17, 15) is 15.2 Å². The van der Waals surface area contributed by atoms with Crippen LogP contribution in [0, 0.1) is 10.1 Å². The molecule has 1 aliphatic carbocycles. The van der Waals surface area contributed by atoms with Crippen LogP contribution in [0.2, 0.25) is 0 Å². The third-order valence-corrected chi connectivity index (χ3v) is 3.91. The van der Waals surface area contributed by atoms with Crippen molar-refractivity contribution < 1.29 is 10.0 Å². The van der Waals surface area contributed by atoms with Gasteiger partial charge in [-0.25, -0.2) is 0 Å². The van der Waals surface area contributed by atoms with Crippen LogP contribution in [-0.4, -0.2) is 34.1 Å². The molecule has 0 spiro atoms. The molecule has 1 aromatic rings. The number of para-hydroxylation sites is 1. The minimum Gasteiger partial charge on any atom is -0.393 e. The van der Waals surface area contributed by atoms with Crippen molar-refractivity contribution >= 4 is 11.4 Å². The molecule has 1 aromatic carbocycles. The van der Waals surface area contributed by atoms with E-state index in [0.29, 0.717) is 13.1 Å². The minimum absolute atomic E-state index is 0.0597. The number of likely N-dealkylation sites (N-methyl/N-ethyl adjacent to an activating group) is 1. The van der Waals surface area contributed by atoms with Crippen molar-refractivity contribution in [3.8, 4) is 0 Å². The summed E-state index contributed by atoms with van der Waals surface area (Å²) in [5.41, 5.74) is 6.10. The maximum absolute atomic E-state index is 10.9. The van der Waals surface area contributed by atoms with Crippen LogP contribution in [0.4, 0.5) is 11.4 Å². The molecule has 1 fully saturated rings. The standard InChI is InChI=1S/C14H21N3O3/c1-16(10-14(18)7-2-3-8-14)9-11-5-4-6-12(13(11)15)17(19)20/h4-6,18H,2-3,7-10,15H2,1H3. The summed E-state index contributed by atoms with van der Waals surface area (Å²) in [5, 5.41) is 21.2. The molecule has 20 heavy (non-hydrogen) atoms. The van der Waals surface area contributed by atoms with Gasteiger partial charge >= 0.3 is 0 Å². The summed E-state index contributed by atoms with van der Waals surface area (Å²) in [7, 11) is 1.90. The second-order valence-electron chi connectivity index (χ2n) is 5.71. The van der Waals surface area contributed by atoms with E-state index in [1.54, 1.807) is 12.1 Å². The number of nitrogen functional groups attached to an aromatic ring is 1. The Morgan fingerprint density at radius 2 is 2.10 bits per heavy atom. The van der Waals surface area contributed by atoms with Gasteiger partial charge in [-0.15, -0.1) is 0 Å². The van der Waals surface area contributed by atoms with Crippen LogP contribution in [0.1, 0.15) is 31.2 Å². The summed E-state index contributed by atoms with van der Waals surface area (Å²) in [4.78, 5) is 12.4. The topological polar surface area (TPSA) is 92.6 Å². The molecule has 1 aliphatic rings. The Morgan fingerprint density at radius 3 is 2.70 bits per heavy atom. The zero-order chi connectivity index (χ0) is 14.8. The second-order valence-corrected chi connectivity index (χ2v) is 5.71. The number of nitrogens with zero attached hydrogens (tertiary/aromatic N) is 2. The molecule has 0 amide bonds. The summed E-state index contributed by atoms with van der Waals surface area (Å²) in [6.45, 7) is 1.06. The minimum atomic E-state index is -0.621. The highest BCUT2D eigenvalue weighted by molar-refractivity contribution is 5.62. The molecular weight excluding hydrogens is 258 g/mol. The molecule has 0 saturated heterocycles. The first-order chi connectivity index (χ1) is 9.41. The van der Waals surface area contributed by atoms with Gasteiger partial charge in [0.15, 0.2) is 0 Å². The average Bonchev–Trinajstić information content (AvgIpc) is 2.77. The van der Waals surface area contributed by atoms with Crippen molar-refractivity contribution in [2.45, 2.75) is 37.8 Å². The van der Waals surface area contributed by atoms with Crippen LogP contribution in [0.15, 0.2) is 18.2 Å². The average molecular weight is 279 g/mol. The van der Waals surface area contributed by atoms with Crippen molar-refractivity contribution in [1.82, 2.24) is 4.90 Å². The number of nitrogens with two attached hydrogens (primary N) is 1. The van der Waals surface area contributed by atoms with Crippen molar-refractivity contribution in [2.24, 2.45) is 0 Å². The monoisotopic (exact) mass is 279 g/mol. The quantitative estimate of drug-likeness (QED) is 0.488. The van der Waals surface area contributed by atoms with Gasteiger partial charge in [-0.1, -0.05) is 25.0 Å². The molecule has 0 unspecified atom stereocenters. The van der Waals surface area contributed by atoms with Crippen molar-refractivity contribution in [3.05, 3.63) is 33.9 Å². The zero-order valence-corrected chi connectivity index (χ0v) is 11.7. The summed E-state index contributed by atoms with van der Waals surface area (Å²) in [5.74, 6) is 0. The van der Waals surface area contributed by atoms with Gasteiger partial charge in [0.25, 0.3) is 5.69 Å². The van der Waals surface area contributed by atoms with Gasteiger partial charge in [0.05, 0.1) is 10.5 Å². The van der Waals surface area contributed by atoms with E-state index in [0.717, 1.165) is 31.2 Å². The first-order valence-electron chi connectivity index (χ1n) is 6.84. The molecule has 6 heteroatoms. The van der Waals surface area contributed by atoms with Crippen molar-refractivity contribution in [1.29, 1.82) is 0 Å². The number of rotatable bonds is 5. The number of hydrogen-bond acceptors (Lipinski definition) is 5. The van der Waals surface area contributed by atoms with Crippen LogP contribution in [0.5, 0.6) is 0 Å². The fourth-order valence-electron chi connectivity index (χ4n) is 2.94. The molecule has 2 rings (SSSR count). The van der Waals surface area contributed by atoms with Gasteiger partial charge in [-0.2, -0.15) is 0 Å². The van der Waals surface area contributed by atoms with Crippen LogP contribution < -0.4 is 5.73 Å². The molecule has 3 N–H and O–H groups in total. The smallest absolute Gasteiger partial charge is 0.292 e. The maximum Gasteiger partial charge on any atom is 0.292 e. The van der Waals surface area contributed by atoms with Crippen molar-refractivity contribution in [3.63, 3.8) is 0 Å². The van der Waals surface area contributed by atoms with Crippen molar-refractivity contribution in [2.75, 3.05) is 19.3 Å². The maximum atomic E-state index is 10.9. The summed E-state index contributed by atoms with van der Waals surface area (Å²) in [6, 6.07) is 4.84. The van der Waals surface area contributed by atoms with Crippen LogP contribution in [0.3, 0.4) is 0 Å². The Bertz CT molecular complexity index is 498. The summed E-state index contributed by atoms with van der Waals surface area (Å²) >= 11 is 0. The van der Waals surface area contributed by atoms with Crippen LogP contribution in [0.25, 0.3) is 0 Å². The van der Waals surface area contributed by atoms with Crippen LogP contribution >= 0.6 is 0 Å². The molecule has 0 bridgehead atoms. The Morgan fingerprint density at radius 1 is 1.45 bits per heavy atom. The number of benzene rings is 1. The van der Waals surface area contributed by atoms with E-state index in [-0.39, 0.29) is 11.4 Å². The fraction of sp³-hybridized carbons (Fsp3) is 0.571. The van der Waals surface area contributed by atoms with E-state index in [1.165, 1.54) is 6.07 Å². The zero-order valence-electron chi connectivity index (χ0n) is 11.7. The number of nitro groups is 1. The van der Waals surface area contributed by atoms with Gasteiger partial charge < -0.3 is 10.8 Å². The third kappa shape index (κ3) is 3.26. The first kappa shape index (κ1) is 14.7. The summed E-state index contributed by atoms with van der Waals surface area (Å²) < 4.78 is 0. The number of aliphatic hydroxyl groups is 1. The Kier molecular flexibility index (Phi) is 4.25. The molecule has 1 saturated carbocycles. The number of nitro benzene ring substituents is 1. The predicted octanol–water partition coefficient (Wildman–Crippen LogP) is 1.91. The van der Waals surface area contributed by atoms with Gasteiger partial charge in [0, 0.05) is 19.2 Å². The molecule has 110 valence electrons. The lowest BCUT2D eigenvalue weighted by molar-refractivity contribution is -0.384. The predicted molar refractivity (Wildman–Crippen MR) is 77.3 cm³/mol. The first-order valence-corrected chi connectivity index (χ1v) is 6.84. The third-order valence-electron chi connectivity index (χ3n) is 3.91. The number of anilines is 1. The van der Waals surface area contributed by atoms with Gasteiger partial charge in [0.2, 0.25) is 0 Å². The van der Waals surface area contributed by atoms with Gasteiger partial charge in [0.1, 0.15) is 5.69 Å². The fourth-order valence-corrected chi connectivity index (χ4v) is 2.94. The van der Waals surface area contributed by atoms with E-state index >= 15 is 0 Å². The summed E-state index contributed by atoms with van der Waals surface area (Å²) in [6.07, 6.45) is 3.76. The Labute approximate surface area is 118 Å². The molecule has 0 aromatic heterocycles. The van der Waals surface area contributed by atoms with Gasteiger partial charge in [-0.05, 0) is 25.5 Å². The van der Waals surface area contributed by atoms with E-state index in [2.05, 4.69) is 0 Å². The van der Waals surface area contributed by atoms with E-state index in [4.69, 9.17) is 5.73 Å². The lowest BCUT2D eigenvalue weighted by Gasteiger charge is -2.28. The van der Waals surface area contributed by atoms with Gasteiger partial charge in [-0.3, -0.25) is 15.0 Å². The molecule has 0 atom stereocenters. The highest BCUT2D eigenvalue weighted by Crippen LogP contribution is 2.31. The lowest BCUT2D eigenvalue weighted by Crippen LogP contribution is -2.38. The molecule has 0 aliphatic heterocycles. The normalized spacial score (nSPS) is 17.6. The van der Waals surface area contributed by atoms with E-state index < -0.39 is 10.5 Å². The largest absolute Gasteiger partial charge is 0.393 e. The lowest BCUT2D eigenvalue weighted by atomic mass is 10.0. The highest BCUT2D eigenvalue weighted by Gasteiger charge is 2.32. The number of hydrogen-bond donors (Lipinski definition) is 2. The van der Waals surface area contributed by atoms with E-state index in [1.807, 2.05) is 11.9 Å². The second kappa shape index (κ2) is 5.76. The SMILES string of the molecule is CN(Cc1cccc([N+](=O)[O-])c1N)CC1(O)CCCC1. The molecule has 0 radical (unpaired) electrons. The Hall–Kier alpha value is -1.66. The Balaban J connectivity index is 2.06. The molecule has 6 nitrogen and oxygen atoms in total. The van der Waals surface area contributed by atoms with Crippen LogP contribution in [-0.2, 0) is 6.54 Å². The highest BCUT2D eigenvalue weighted by atomic mass is 16.6.